The zero-order valence-electron chi connectivity index (χ0n) is 9.83. The van der Waals surface area contributed by atoms with Gasteiger partial charge in [-0.3, -0.25) is 0 Å². The molecule has 2 aliphatic rings. The third-order valence-corrected chi connectivity index (χ3v) is 4.24. The molecule has 0 heterocycles. The smallest absolute Gasteiger partial charge is 0.168 e. The van der Waals surface area contributed by atoms with Crippen LogP contribution in [0, 0.1) is 11.8 Å². The van der Waals surface area contributed by atoms with Gasteiger partial charge in [-0.15, -0.1) is 0 Å². The van der Waals surface area contributed by atoms with Crippen molar-refractivity contribution in [1.29, 1.82) is 0 Å². The maximum atomic E-state index is 5.41. The largest absolute Gasteiger partial charge is 0.360 e. The summed E-state index contributed by atoms with van der Waals surface area (Å²) in [7, 11) is 2.12. The Kier molecular flexibility index (Phi) is 3.49. The van der Waals surface area contributed by atoms with Crippen molar-refractivity contribution in [2.24, 2.45) is 11.8 Å². The molecule has 0 saturated heterocycles. The minimum atomic E-state index is 0.650. The van der Waals surface area contributed by atoms with Crippen molar-refractivity contribution in [3.8, 4) is 0 Å². The fourth-order valence-corrected chi connectivity index (χ4v) is 2.68. The second-order valence-corrected chi connectivity index (χ2v) is 5.67. The van der Waals surface area contributed by atoms with Crippen LogP contribution in [0.15, 0.2) is 0 Å². The molecule has 2 atom stereocenters. The van der Waals surface area contributed by atoms with Gasteiger partial charge in [0.15, 0.2) is 5.11 Å². The van der Waals surface area contributed by atoms with Crippen LogP contribution in [0.2, 0.25) is 0 Å². The average molecular weight is 226 g/mol. The van der Waals surface area contributed by atoms with Gasteiger partial charge in [0, 0.05) is 19.6 Å². The molecular weight excluding hydrogens is 204 g/mol. The zero-order chi connectivity index (χ0) is 10.8. The van der Waals surface area contributed by atoms with E-state index in [-0.39, 0.29) is 0 Å². The first kappa shape index (κ1) is 11.2. The third-order valence-electron chi connectivity index (χ3n) is 3.81. The van der Waals surface area contributed by atoms with E-state index >= 15 is 0 Å². The summed E-state index contributed by atoms with van der Waals surface area (Å²) in [5.74, 6) is 1.81. The van der Waals surface area contributed by atoms with Crippen LogP contribution in [-0.2, 0) is 0 Å². The van der Waals surface area contributed by atoms with E-state index in [9.17, 15) is 0 Å². The number of nitrogens with one attached hydrogen (secondary N) is 1. The summed E-state index contributed by atoms with van der Waals surface area (Å²) in [5, 5.41) is 4.44. The predicted octanol–water partition coefficient (Wildman–Crippen LogP) is 2.39. The summed E-state index contributed by atoms with van der Waals surface area (Å²) in [5.41, 5.74) is 0. The summed E-state index contributed by atoms with van der Waals surface area (Å²) in [6.45, 7) is 3.46. The number of hydrogen-bond acceptors (Lipinski definition) is 1. The Morgan fingerprint density at radius 1 is 1.40 bits per heavy atom. The van der Waals surface area contributed by atoms with E-state index in [0.717, 1.165) is 23.5 Å². The summed E-state index contributed by atoms with van der Waals surface area (Å²) in [6.07, 6.45) is 6.71. The molecule has 2 saturated carbocycles. The van der Waals surface area contributed by atoms with Gasteiger partial charge in [-0.05, 0) is 43.3 Å². The lowest BCUT2D eigenvalue weighted by molar-refractivity contribution is 0.443. The maximum absolute atomic E-state index is 5.41. The molecule has 0 aromatic heterocycles. The van der Waals surface area contributed by atoms with Crippen LogP contribution in [0.4, 0.5) is 0 Å². The van der Waals surface area contributed by atoms with Gasteiger partial charge >= 0.3 is 0 Å². The van der Waals surface area contributed by atoms with Gasteiger partial charge in [-0.1, -0.05) is 19.8 Å². The molecule has 0 bridgehead atoms. The summed E-state index contributed by atoms with van der Waals surface area (Å²) in [6, 6.07) is 0.650. The summed E-state index contributed by atoms with van der Waals surface area (Å²) >= 11 is 5.41. The molecule has 0 amide bonds. The lowest BCUT2D eigenvalue weighted by atomic mass is 10.2. The Morgan fingerprint density at radius 2 is 2.00 bits per heavy atom. The number of rotatable bonds is 3. The van der Waals surface area contributed by atoms with Crippen LogP contribution in [0.25, 0.3) is 0 Å². The average Bonchev–Trinajstić information content (AvgIpc) is 2.68. The van der Waals surface area contributed by atoms with Crippen LogP contribution in [0.1, 0.15) is 39.0 Å². The first-order valence-corrected chi connectivity index (χ1v) is 6.59. The zero-order valence-corrected chi connectivity index (χ0v) is 10.6. The van der Waals surface area contributed by atoms with E-state index in [1.54, 1.807) is 0 Å². The Bertz CT molecular complexity index is 236. The van der Waals surface area contributed by atoms with Crippen LogP contribution in [0.5, 0.6) is 0 Å². The highest BCUT2D eigenvalue weighted by Crippen LogP contribution is 2.37. The fourth-order valence-electron chi connectivity index (χ4n) is 2.44. The SMILES string of the molecule is CC1CC1CN(C)C(=S)NC1CCCC1. The topological polar surface area (TPSA) is 15.3 Å². The van der Waals surface area contributed by atoms with Crippen LogP contribution in [0.3, 0.4) is 0 Å². The van der Waals surface area contributed by atoms with Gasteiger partial charge in [-0.25, -0.2) is 0 Å². The van der Waals surface area contributed by atoms with Crippen molar-refractivity contribution in [2.75, 3.05) is 13.6 Å². The van der Waals surface area contributed by atoms with E-state index in [2.05, 4.69) is 24.2 Å². The van der Waals surface area contributed by atoms with Crippen LogP contribution in [-0.4, -0.2) is 29.6 Å². The van der Waals surface area contributed by atoms with Crippen molar-refractivity contribution in [3.05, 3.63) is 0 Å². The highest BCUT2D eigenvalue weighted by Gasteiger charge is 2.33. The first-order valence-electron chi connectivity index (χ1n) is 6.18. The first-order chi connectivity index (χ1) is 7.16. The highest BCUT2D eigenvalue weighted by molar-refractivity contribution is 7.80. The molecule has 0 spiro atoms. The van der Waals surface area contributed by atoms with E-state index in [1.165, 1.54) is 32.1 Å². The van der Waals surface area contributed by atoms with Crippen LogP contribution >= 0.6 is 12.2 Å². The van der Waals surface area contributed by atoms with Crippen molar-refractivity contribution >= 4 is 17.3 Å². The number of nitrogens with zero attached hydrogens (tertiary/aromatic N) is 1. The van der Waals surface area contributed by atoms with Gasteiger partial charge in [-0.2, -0.15) is 0 Å². The number of thiocarbonyl (C=S) groups is 1. The Hall–Kier alpha value is -0.310. The molecule has 0 aliphatic heterocycles. The molecule has 2 rings (SSSR count). The molecule has 86 valence electrons. The number of hydrogen-bond donors (Lipinski definition) is 1. The fraction of sp³-hybridized carbons (Fsp3) is 0.917. The van der Waals surface area contributed by atoms with Gasteiger partial charge in [0.2, 0.25) is 0 Å². The van der Waals surface area contributed by atoms with Gasteiger partial charge in [0.1, 0.15) is 0 Å². The van der Waals surface area contributed by atoms with Crippen molar-refractivity contribution in [2.45, 2.75) is 45.1 Å². The molecule has 15 heavy (non-hydrogen) atoms. The van der Waals surface area contributed by atoms with Gasteiger partial charge in [0.05, 0.1) is 0 Å². The van der Waals surface area contributed by atoms with E-state index < -0.39 is 0 Å². The standard InChI is InChI=1S/C12H22N2S/c1-9-7-10(9)8-14(2)12(15)13-11-5-3-4-6-11/h9-11H,3-8H2,1-2H3,(H,13,15). The molecule has 3 heteroatoms. The molecule has 2 aliphatic carbocycles. The molecule has 0 aromatic rings. The minimum absolute atomic E-state index is 0.650. The van der Waals surface area contributed by atoms with Crippen LogP contribution < -0.4 is 5.32 Å². The normalized spacial score (nSPS) is 30.3. The Labute approximate surface area is 98.4 Å². The lowest BCUT2D eigenvalue weighted by Crippen LogP contribution is -2.42. The maximum Gasteiger partial charge on any atom is 0.168 e. The van der Waals surface area contributed by atoms with Gasteiger partial charge in [0.25, 0.3) is 0 Å². The summed E-state index contributed by atoms with van der Waals surface area (Å²) in [4.78, 5) is 2.22. The predicted molar refractivity (Wildman–Crippen MR) is 67.9 cm³/mol. The molecule has 2 unspecified atom stereocenters. The molecule has 0 aromatic carbocycles. The monoisotopic (exact) mass is 226 g/mol. The van der Waals surface area contributed by atoms with E-state index in [4.69, 9.17) is 12.2 Å². The van der Waals surface area contributed by atoms with Crippen molar-refractivity contribution in [3.63, 3.8) is 0 Å². The quantitative estimate of drug-likeness (QED) is 0.744. The molecule has 2 fully saturated rings. The molecule has 0 radical (unpaired) electrons. The van der Waals surface area contributed by atoms with E-state index in [0.29, 0.717) is 6.04 Å². The lowest BCUT2D eigenvalue weighted by Gasteiger charge is -2.24. The Morgan fingerprint density at radius 3 is 2.53 bits per heavy atom. The Balaban J connectivity index is 1.69. The molecular formula is C12H22N2S. The minimum Gasteiger partial charge on any atom is -0.360 e. The highest BCUT2D eigenvalue weighted by atomic mass is 32.1. The second kappa shape index (κ2) is 4.69. The second-order valence-electron chi connectivity index (χ2n) is 5.28. The summed E-state index contributed by atoms with van der Waals surface area (Å²) < 4.78 is 0. The van der Waals surface area contributed by atoms with Gasteiger partial charge < -0.3 is 10.2 Å². The molecule has 1 N–H and O–H groups in total. The third kappa shape index (κ3) is 3.07. The molecule has 2 nitrogen and oxygen atoms in total. The van der Waals surface area contributed by atoms with Crippen molar-refractivity contribution in [1.82, 2.24) is 10.2 Å². The van der Waals surface area contributed by atoms with Crippen molar-refractivity contribution < 1.29 is 0 Å². The van der Waals surface area contributed by atoms with E-state index in [1.807, 2.05) is 0 Å².